The number of hydrogen-bond donors (Lipinski definition) is 2. The lowest BCUT2D eigenvalue weighted by Gasteiger charge is -2.25. The van der Waals surface area contributed by atoms with Gasteiger partial charge in [0.1, 0.15) is 17.3 Å². The van der Waals surface area contributed by atoms with Crippen LogP contribution in [0.3, 0.4) is 0 Å². The number of anilines is 1. The lowest BCUT2D eigenvalue weighted by Crippen LogP contribution is -2.19. The number of nitrogen functional groups attached to an aromatic ring is 1. The molecule has 1 atom stereocenters. The van der Waals surface area contributed by atoms with Crippen LogP contribution in [-0.4, -0.2) is 27.5 Å². The lowest BCUT2D eigenvalue weighted by atomic mass is 9.87. The molecule has 2 aromatic carbocycles. The van der Waals surface area contributed by atoms with Gasteiger partial charge in [0.25, 0.3) is 0 Å². The van der Waals surface area contributed by atoms with E-state index in [4.69, 9.17) is 10.5 Å². The number of pyridine rings is 2. The Hall–Kier alpha value is -3.81. The van der Waals surface area contributed by atoms with Crippen LogP contribution in [0.15, 0.2) is 61.1 Å². The molecule has 0 aliphatic carbocycles. The minimum atomic E-state index is -0.306. The molecule has 0 saturated carbocycles. The standard InChI is InChI=1S/C29H26FN5O/c30-20-5-8-35-27(15-33-28(35)13-20)18-3-4-21-23(11-18)29(31)34-14-24(21)19-10-17-6-9-36-16-25(17)22(12-19)26-2-1-7-32-26/h3-5,8,10-15,26,32H,1-2,6-7,9,16H2,(H2,31,34). The summed E-state index contributed by atoms with van der Waals surface area (Å²) in [6, 6.07) is 14.1. The molecule has 3 N–H and O–H groups in total. The van der Waals surface area contributed by atoms with E-state index in [1.54, 1.807) is 12.4 Å². The highest BCUT2D eigenvalue weighted by Crippen LogP contribution is 2.38. The number of aromatic nitrogens is 3. The van der Waals surface area contributed by atoms with Crippen molar-refractivity contribution in [2.45, 2.75) is 31.9 Å². The summed E-state index contributed by atoms with van der Waals surface area (Å²) in [6.45, 7) is 2.48. The third kappa shape index (κ3) is 3.46. The van der Waals surface area contributed by atoms with Crippen LogP contribution in [0, 0.1) is 5.82 Å². The van der Waals surface area contributed by atoms with E-state index in [0.29, 0.717) is 24.1 Å². The number of benzene rings is 2. The first kappa shape index (κ1) is 21.5. The van der Waals surface area contributed by atoms with Crippen molar-refractivity contribution in [1.29, 1.82) is 0 Å². The largest absolute Gasteiger partial charge is 0.383 e. The van der Waals surface area contributed by atoms with Gasteiger partial charge in [-0.05, 0) is 71.6 Å². The van der Waals surface area contributed by atoms with E-state index < -0.39 is 0 Å². The normalized spacial score (nSPS) is 17.6. The van der Waals surface area contributed by atoms with E-state index in [9.17, 15) is 4.39 Å². The van der Waals surface area contributed by atoms with Gasteiger partial charge in [-0.1, -0.05) is 18.2 Å². The molecular formula is C29H26FN5O. The van der Waals surface area contributed by atoms with Gasteiger partial charge in [-0.3, -0.25) is 4.40 Å². The Kier molecular flexibility index (Phi) is 5.01. The van der Waals surface area contributed by atoms with Gasteiger partial charge >= 0.3 is 0 Å². The minimum absolute atomic E-state index is 0.306. The van der Waals surface area contributed by atoms with Crippen LogP contribution in [0.2, 0.25) is 0 Å². The molecule has 5 heterocycles. The van der Waals surface area contributed by atoms with Crippen LogP contribution in [0.4, 0.5) is 10.2 Å². The van der Waals surface area contributed by atoms with E-state index in [0.717, 1.165) is 59.2 Å². The van der Waals surface area contributed by atoms with E-state index in [1.165, 1.54) is 35.2 Å². The highest BCUT2D eigenvalue weighted by molar-refractivity contribution is 6.03. The van der Waals surface area contributed by atoms with Crippen LogP contribution < -0.4 is 11.1 Å². The van der Waals surface area contributed by atoms with Gasteiger partial charge in [0.05, 0.1) is 25.1 Å². The van der Waals surface area contributed by atoms with Crippen molar-refractivity contribution in [1.82, 2.24) is 19.7 Å². The number of fused-ring (bicyclic) bond motifs is 3. The molecule has 6 nitrogen and oxygen atoms in total. The summed E-state index contributed by atoms with van der Waals surface area (Å²) in [4.78, 5) is 8.96. The molecule has 180 valence electrons. The van der Waals surface area contributed by atoms with Crippen molar-refractivity contribution < 1.29 is 9.13 Å². The number of halogens is 1. The van der Waals surface area contributed by atoms with Gasteiger partial charge in [-0.25, -0.2) is 14.4 Å². The summed E-state index contributed by atoms with van der Waals surface area (Å²) in [5.41, 5.74) is 15.1. The number of ether oxygens (including phenoxy) is 1. The molecule has 5 aromatic rings. The fourth-order valence-electron chi connectivity index (χ4n) is 5.75. The summed E-state index contributed by atoms with van der Waals surface area (Å²) < 4.78 is 21.4. The molecule has 2 aliphatic rings. The van der Waals surface area contributed by atoms with Crippen LogP contribution >= 0.6 is 0 Å². The first-order chi connectivity index (χ1) is 17.7. The first-order valence-electron chi connectivity index (χ1n) is 12.4. The van der Waals surface area contributed by atoms with Crippen LogP contribution in [0.5, 0.6) is 0 Å². The summed E-state index contributed by atoms with van der Waals surface area (Å²) in [7, 11) is 0. The topological polar surface area (TPSA) is 77.5 Å². The Balaban J connectivity index is 1.38. The third-order valence-electron chi connectivity index (χ3n) is 7.58. The number of nitrogens with two attached hydrogens (primary N) is 1. The quantitative estimate of drug-likeness (QED) is 0.361. The molecule has 0 bridgehead atoms. The maximum absolute atomic E-state index is 13.7. The van der Waals surface area contributed by atoms with E-state index in [-0.39, 0.29) is 5.82 Å². The fraction of sp³-hybridized carbons (Fsp3) is 0.241. The van der Waals surface area contributed by atoms with Gasteiger partial charge in [0.15, 0.2) is 0 Å². The van der Waals surface area contributed by atoms with Crippen molar-refractivity contribution in [3.05, 3.63) is 83.6 Å². The van der Waals surface area contributed by atoms with Crippen LogP contribution in [0.1, 0.15) is 35.6 Å². The smallest absolute Gasteiger partial charge is 0.140 e. The Bertz CT molecular complexity index is 1640. The van der Waals surface area contributed by atoms with Gasteiger partial charge in [0.2, 0.25) is 0 Å². The third-order valence-corrected chi connectivity index (χ3v) is 7.58. The second-order valence-electron chi connectivity index (χ2n) is 9.69. The van der Waals surface area contributed by atoms with E-state index in [1.807, 2.05) is 10.6 Å². The zero-order valence-corrected chi connectivity index (χ0v) is 19.8. The van der Waals surface area contributed by atoms with Crippen molar-refractivity contribution in [2.75, 3.05) is 18.9 Å². The van der Waals surface area contributed by atoms with Gasteiger partial charge < -0.3 is 15.8 Å². The molecule has 7 rings (SSSR count). The maximum Gasteiger partial charge on any atom is 0.140 e. The van der Waals surface area contributed by atoms with Crippen molar-refractivity contribution in [2.24, 2.45) is 0 Å². The Morgan fingerprint density at radius 2 is 1.97 bits per heavy atom. The van der Waals surface area contributed by atoms with E-state index in [2.05, 4.69) is 45.6 Å². The Morgan fingerprint density at radius 3 is 2.86 bits per heavy atom. The predicted molar refractivity (Wildman–Crippen MR) is 139 cm³/mol. The Labute approximate surface area is 207 Å². The number of imidazole rings is 1. The Morgan fingerprint density at radius 1 is 1.03 bits per heavy atom. The zero-order valence-electron chi connectivity index (χ0n) is 19.8. The highest BCUT2D eigenvalue weighted by atomic mass is 19.1. The highest BCUT2D eigenvalue weighted by Gasteiger charge is 2.24. The number of hydrogen-bond acceptors (Lipinski definition) is 5. The van der Waals surface area contributed by atoms with Gasteiger partial charge in [0, 0.05) is 41.0 Å². The molecule has 1 saturated heterocycles. The molecule has 2 aliphatic heterocycles. The molecule has 7 heteroatoms. The molecule has 0 radical (unpaired) electrons. The molecule has 0 spiro atoms. The summed E-state index contributed by atoms with van der Waals surface area (Å²) in [5, 5.41) is 5.62. The molecule has 3 aromatic heterocycles. The monoisotopic (exact) mass is 479 g/mol. The maximum atomic E-state index is 13.7. The van der Waals surface area contributed by atoms with Crippen LogP contribution in [-0.2, 0) is 17.8 Å². The average molecular weight is 480 g/mol. The van der Waals surface area contributed by atoms with E-state index >= 15 is 0 Å². The second kappa shape index (κ2) is 8.40. The second-order valence-corrected chi connectivity index (χ2v) is 9.69. The summed E-state index contributed by atoms with van der Waals surface area (Å²) in [6.07, 6.45) is 8.60. The first-order valence-corrected chi connectivity index (χ1v) is 12.4. The summed E-state index contributed by atoms with van der Waals surface area (Å²) >= 11 is 0. The summed E-state index contributed by atoms with van der Waals surface area (Å²) in [5.74, 6) is 0.180. The minimum Gasteiger partial charge on any atom is -0.383 e. The SMILES string of the molecule is Nc1ncc(-c2cc3c(c(C4CCCN4)c2)COCC3)c2ccc(-c3cnc4cc(F)ccn34)cc12. The van der Waals surface area contributed by atoms with Crippen molar-refractivity contribution in [3.63, 3.8) is 0 Å². The molecule has 0 amide bonds. The van der Waals surface area contributed by atoms with Gasteiger partial charge in [-0.2, -0.15) is 0 Å². The average Bonchev–Trinajstić information content (AvgIpc) is 3.58. The van der Waals surface area contributed by atoms with Gasteiger partial charge in [-0.15, -0.1) is 0 Å². The molecule has 36 heavy (non-hydrogen) atoms. The zero-order chi connectivity index (χ0) is 24.2. The molecule has 1 unspecified atom stereocenters. The molecular weight excluding hydrogens is 453 g/mol. The van der Waals surface area contributed by atoms with Crippen molar-refractivity contribution >= 4 is 22.2 Å². The number of nitrogens with zero attached hydrogens (tertiary/aromatic N) is 3. The lowest BCUT2D eigenvalue weighted by molar-refractivity contribution is 0.109. The van der Waals surface area contributed by atoms with Crippen LogP contribution in [0.25, 0.3) is 38.8 Å². The fourth-order valence-corrected chi connectivity index (χ4v) is 5.75. The number of rotatable bonds is 3. The number of nitrogens with one attached hydrogen (secondary N) is 1. The predicted octanol–water partition coefficient (Wildman–Crippen LogP) is 5.44. The van der Waals surface area contributed by atoms with Crippen molar-refractivity contribution in [3.8, 4) is 22.4 Å². The molecule has 1 fully saturated rings.